The fraction of sp³-hybridized carbons (Fsp3) is 0.778. The molecule has 0 radical (unpaired) electrons. The van der Waals surface area contributed by atoms with Crippen LogP contribution in [-0.4, -0.2) is 29.7 Å². The van der Waals surface area contributed by atoms with Crippen LogP contribution >= 0.6 is 0 Å². The zero-order valence-corrected chi connectivity index (χ0v) is 8.38. The molecule has 4 nitrogen and oxygen atoms in total. The van der Waals surface area contributed by atoms with Gasteiger partial charge in [0.15, 0.2) is 0 Å². The zero-order chi connectivity index (χ0) is 12.3. The van der Waals surface area contributed by atoms with Gasteiger partial charge in [-0.2, -0.15) is 13.2 Å². The minimum Gasteiger partial charge on any atom is -0.481 e. The van der Waals surface area contributed by atoms with E-state index in [-0.39, 0.29) is 5.92 Å². The zero-order valence-electron chi connectivity index (χ0n) is 8.38. The molecule has 0 saturated heterocycles. The van der Waals surface area contributed by atoms with E-state index in [9.17, 15) is 22.8 Å². The standard InChI is InChI=1S/C9H12F3NO3/c10-9(11,12)8(16)13-4-6(7(14)15)5-2-1-3-5/h5-6H,1-4H2,(H,13,16)(H,14,15). The third-order valence-corrected chi connectivity index (χ3v) is 2.78. The smallest absolute Gasteiger partial charge is 0.471 e. The molecule has 0 bridgehead atoms. The van der Waals surface area contributed by atoms with Crippen molar-refractivity contribution < 1.29 is 27.9 Å². The van der Waals surface area contributed by atoms with Crippen LogP contribution < -0.4 is 5.32 Å². The minimum atomic E-state index is -4.96. The first-order chi connectivity index (χ1) is 7.32. The molecule has 1 amide bonds. The van der Waals surface area contributed by atoms with Gasteiger partial charge in [-0.25, -0.2) is 0 Å². The number of carbonyl (C=O) groups is 2. The van der Waals surface area contributed by atoms with Crippen molar-refractivity contribution in [3.8, 4) is 0 Å². The van der Waals surface area contributed by atoms with Gasteiger partial charge in [-0.05, 0) is 18.8 Å². The molecule has 1 aliphatic carbocycles. The largest absolute Gasteiger partial charge is 0.481 e. The van der Waals surface area contributed by atoms with Crippen LogP contribution in [0.1, 0.15) is 19.3 Å². The maximum absolute atomic E-state index is 11.8. The quantitative estimate of drug-likeness (QED) is 0.773. The molecule has 92 valence electrons. The number of hydrogen-bond acceptors (Lipinski definition) is 2. The minimum absolute atomic E-state index is 0.119. The lowest BCUT2D eigenvalue weighted by molar-refractivity contribution is -0.174. The van der Waals surface area contributed by atoms with E-state index in [0.29, 0.717) is 12.8 Å². The van der Waals surface area contributed by atoms with E-state index < -0.39 is 30.5 Å². The molecular weight excluding hydrogens is 227 g/mol. The van der Waals surface area contributed by atoms with E-state index in [1.54, 1.807) is 5.32 Å². The Morgan fingerprint density at radius 2 is 1.94 bits per heavy atom. The lowest BCUT2D eigenvalue weighted by Crippen LogP contribution is -2.43. The van der Waals surface area contributed by atoms with Crippen LogP contribution in [0.5, 0.6) is 0 Å². The Hall–Kier alpha value is -1.27. The first-order valence-corrected chi connectivity index (χ1v) is 4.90. The van der Waals surface area contributed by atoms with Crippen molar-refractivity contribution in [2.75, 3.05) is 6.54 Å². The van der Waals surface area contributed by atoms with Crippen molar-refractivity contribution in [3.63, 3.8) is 0 Å². The van der Waals surface area contributed by atoms with Gasteiger partial charge >= 0.3 is 18.1 Å². The summed E-state index contributed by atoms with van der Waals surface area (Å²) >= 11 is 0. The van der Waals surface area contributed by atoms with Crippen molar-refractivity contribution >= 4 is 11.9 Å². The van der Waals surface area contributed by atoms with Crippen molar-refractivity contribution in [3.05, 3.63) is 0 Å². The lowest BCUT2D eigenvalue weighted by atomic mass is 9.76. The summed E-state index contributed by atoms with van der Waals surface area (Å²) in [7, 11) is 0. The van der Waals surface area contributed by atoms with Crippen LogP contribution in [0.2, 0.25) is 0 Å². The Morgan fingerprint density at radius 3 is 2.25 bits per heavy atom. The molecule has 0 aliphatic heterocycles. The van der Waals surface area contributed by atoms with Crippen molar-refractivity contribution in [2.24, 2.45) is 11.8 Å². The Morgan fingerprint density at radius 1 is 1.38 bits per heavy atom. The molecule has 2 N–H and O–H groups in total. The molecule has 16 heavy (non-hydrogen) atoms. The number of alkyl halides is 3. The molecule has 1 saturated carbocycles. The lowest BCUT2D eigenvalue weighted by Gasteiger charge is -2.31. The number of carboxylic acids is 1. The monoisotopic (exact) mass is 239 g/mol. The third kappa shape index (κ3) is 3.11. The molecule has 0 aromatic rings. The fourth-order valence-corrected chi connectivity index (χ4v) is 1.60. The van der Waals surface area contributed by atoms with Crippen LogP contribution in [0.25, 0.3) is 0 Å². The van der Waals surface area contributed by atoms with Gasteiger partial charge in [0.1, 0.15) is 0 Å². The Labute approximate surface area is 89.8 Å². The highest BCUT2D eigenvalue weighted by Crippen LogP contribution is 2.33. The second-order valence-corrected chi connectivity index (χ2v) is 3.84. The molecule has 1 rings (SSSR count). The highest BCUT2D eigenvalue weighted by Gasteiger charge is 2.40. The van der Waals surface area contributed by atoms with Crippen LogP contribution in [-0.2, 0) is 9.59 Å². The van der Waals surface area contributed by atoms with Gasteiger partial charge in [-0.3, -0.25) is 9.59 Å². The van der Waals surface area contributed by atoms with Gasteiger partial charge in [-0.15, -0.1) is 0 Å². The number of aliphatic carboxylic acids is 1. The first kappa shape index (κ1) is 12.8. The highest BCUT2D eigenvalue weighted by molar-refractivity contribution is 5.82. The number of hydrogen-bond donors (Lipinski definition) is 2. The Bertz CT molecular complexity index is 286. The molecule has 1 unspecified atom stereocenters. The van der Waals surface area contributed by atoms with E-state index >= 15 is 0 Å². The van der Waals surface area contributed by atoms with Gasteiger partial charge in [0, 0.05) is 6.54 Å². The SMILES string of the molecule is O=C(O)C(CNC(=O)C(F)(F)F)C1CCC1. The maximum atomic E-state index is 11.8. The summed E-state index contributed by atoms with van der Waals surface area (Å²) in [5.41, 5.74) is 0. The molecule has 0 heterocycles. The summed E-state index contributed by atoms with van der Waals surface area (Å²) in [5, 5.41) is 10.4. The van der Waals surface area contributed by atoms with E-state index in [2.05, 4.69) is 0 Å². The molecular formula is C9H12F3NO3. The Balaban J connectivity index is 2.44. The summed E-state index contributed by atoms with van der Waals surface area (Å²) < 4.78 is 35.5. The summed E-state index contributed by atoms with van der Waals surface area (Å²) in [5.74, 6) is -4.28. The number of rotatable bonds is 4. The Kier molecular flexibility index (Phi) is 3.77. The van der Waals surface area contributed by atoms with Gasteiger partial charge in [0.25, 0.3) is 0 Å². The van der Waals surface area contributed by atoms with Crippen molar-refractivity contribution in [1.82, 2.24) is 5.32 Å². The predicted octanol–water partition coefficient (Wildman–Crippen LogP) is 1.17. The van der Waals surface area contributed by atoms with Gasteiger partial charge in [0.05, 0.1) is 5.92 Å². The number of carbonyl (C=O) groups excluding carboxylic acids is 1. The average molecular weight is 239 g/mol. The van der Waals surface area contributed by atoms with E-state index in [4.69, 9.17) is 5.11 Å². The third-order valence-electron chi connectivity index (χ3n) is 2.78. The summed E-state index contributed by atoms with van der Waals surface area (Å²) in [4.78, 5) is 21.3. The second kappa shape index (κ2) is 4.71. The highest BCUT2D eigenvalue weighted by atomic mass is 19.4. The average Bonchev–Trinajstić information content (AvgIpc) is 2.05. The first-order valence-electron chi connectivity index (χ1n) is 4.90. The summed E-state index contributed by atoms with van der Waals surface area (Å²) in [6.45, 7) is -0.460. The normalized spacial score (nSPS) is 18.7. The molecule has 1 atom stereocenters. The topological polar surface area (TPSA) is 66.4 Å². The molecule has 0 spiro atoms. The molecule has 0 aromatic heterocycles. The van der Waals surface area contributed by atoms with E-state index in [1.807, 2.05) is 0 Å². The van der Waals surface area contributed by atoms with E-state index in [1.165, 1.54) is 0 Å². The van der Waals surface area contributed by atoms with E-state index in [0.717, 1.165) is 6.42 Å². The van der Waals surface area contributed by atoms with Crippen LogP contribution in [0.15, 0.2) is 0 Å². The number of halogens is 3. The van der Waals surface area contributed by atoms with Gasteiger partial charge < -0.3 is 10.4 Å². The fourth-order valence-electron chi connectivity index (χ4n) is 1.60. The maximum Gasteiger partial charge on any atom is 0.471 e. The van der Waals surface area contributed by atoms with Gasteiger partial charge in [0.2, 0.25) is 0 Å². The molecule has 1 aliphatic rings. The van der Waals surface area contributed by atoms with Crippen molar-refractivity contribution in [1.29, 1.82) is 0 Å². The number of amides is 1. The molecule has 7 heteroatoms. The number of nitrogens with one attached hydrogen (secondary N) is 1. The summed E-state index contributed by atoms with van der Waals surface area (Å²) in [6, 6.07) is 0. The molecule has 1 fully saturated rings. The van der Waals surface area contributed by atoms with Crippen molar-refractivity contribution in [2.45, 2.75) is 25.4 Å². The number of carboxylic acid groups (broad SMARTS) is 1. The predicted molar refractivity (Wildman–Crippen MR) is 47.5 cm³/mol. The summed E-state index contributed by atoms with van der Waals surface area (Å²) in [6.07, 6.45) is -2.68. The van der Waals surface area contributed by atoms with Gasteiger partial charge in [-0.1, -0.05) is 6.42 Å². The second-order valence-electron chi connectivity index (χ2n) is 3.84. The van der Waals surface area contributed by atoms with Crippen LogP contribution in [0, 0.1) is 11.8 Å². The van der Waals surface area contributed by atoms with Crippen LogP contribution in [0.3, 0.4) is 0 Å². The molecule has 0 aromatic carbocycles. The van der Waals surface area contributed by atoms with Crippen LogP contribution in [0.4, 0.5) is 13.2 Å².